The van der Waals surface area contributed by atoms with Crippen molar-refractivity contribution in [1.82, 2.24) is 19.9 Å². The average molecular weight is 475 g/mol. The quantitative estimate of drug-likeness (QED) is 0.535. The lowest BCUT2D eigenvalue weighted by Gasteiger charge is -2.37. The SMILES string of the molecule is CN1Cc2cc(Nc3ncc(C#N)c(Nc4cccc(P(C)(C)=O)n4)n3)cc3c2C(C1)OCC3. The lowest BCUT2D eigenvalue weighted by Crippen LogP contribution is -2.35. The summed E-state index contributed by atoms with van der Waals surface area (Å²) in [4.78, 5) is 15.6. The summed E-state index contributed by atoms with van der Waals surface area (Å²) in [6, 6.07) is 11.6. The first-order valence-electron chi connectivity index (χ1n) is 11.1. The lowest BCUT2D eigenvalue weighted by atomic mass is 9.89. The van der Waals surface area contributed by atoms with E-state index in [4.69, 9.17) is 4.74 Å². The molecule has 34 heavy (non-hydrogen) atoms. The Labute approximate surface area is 198 Å². The number of nitrogens with zero attached hydrogens (tertiary/aromatic N) is 5. The molecule has 1 atom stereocenters. The molecule has 5 rings (SSSR count). The van der Waals surface area contributed by atoms with Crippen LogP contribution >= 0.6 is 7.14 Å². The standard InChI is InChI=1S/C24H26N7O2P/c1-31-13-16-10-18(9-15-7-8-33-19(14-31)22(15)16)27-24-26-12-17(11-25)23(30-24)29-20-5-4-6-21(28-20)34(2,3)32/h4-6,9-10,12,19H,7-8,13-14H2,1-3H3,(H2,26,27,28,29,30). The van der Waals surface area contributed by atoms with Gasteiger partial charge < -0.3 is 19.9 Å². The lowest BCUT2D eigenvalue weighted by molar-refractivity contribution is 0.00985. The van der Waals surface area contributed by atoms with Gasteiger partial charge in [-0.25, -0.2) is 9.97 Å². The fourth-order valence-corrected chi connectivity index (χ4v) is 5.24. The normalized spacial score (nSPS) is 17.5. The first kappa shape index (κ1) is 22.5. The second-order valence-corrected chi connectivity index (χ2v) is 12.2. The maximum Gasteiger partial charge on any atom is 0.229 e. The van der Waals surface area contributed by atoms with Crippen LogP contribution in [0.15, 0.2) is 36.5 Å². The van der Waals surface area contributed by atoms with E-state index in [1.807, 2.05) is 0 Å². The minimum absolute atomic E-state index is 0.123. The summed E-state index contributed by atoms with van der Waals surface area (Å²) in [5.74, 6) is 1.17. The predicted octanol–water partition coefficient (Wildman–Crippen LogP) is 3.54. The van der Waals surface area contributed by atoms with Crippen molar-refractivity contribution in [1.29, 1.82) is 5.26 Å². The summed E-state index contributed by atoms with van der Waals surface area (Å²) < 4.78 is 18.4. The molecule has 2 aromatic heterocycles. The van der Waals surface area contributed by atoms with Crippen LogP contribution in [0.25, 0.3) is 0 Å². The Balaban J connectivity index is 1.44. The molecule has 9 nitrogen and oxygen atoms in total. The zero-order valence-corrected chi connectivity index (χ0v) is 20.3. The Morgan fingerprint density at radius 2 is 2.03 bits per heavy atom. The van der Waals surface area contributed by atoms with Crippen molar-refractivity contribution < 1.29 is 9.30 Å². The number of hydrogen-bond donors (Lipinski definition) is 2. The van der Waals surface area contributed by atoms with Crippen LogP contribution in [0.2, 0.25) is 0 Å². The molecule has 0 spiro atoms. The van der Waals surface area contributed by atoms with Gasteiger partial charge in [0.05, 0.1) is 18.9 Å². The van der Waals surface area contributed by atoms with E-state index >= 15 is 0 Å². The Morgan fingerprint density at radius 3 is 2.82 bits per heavy atom. The Hall–Kier alpha value is -3.31. The van der Waals surface area contributed by atoms with Crippen molar-refractivity contribution in [2.75, 3.05) is 44.2 Å². The van der Waals surface area contributed by atoms with Gasteiger partial charge in [0.1, 0.15) is 30.0 Å². The highest BCUT2D eigenvalue weighted by Gasteiger charge is 2.30. The molecule has 2 aliphatic rings. The van der Waals surface area contributed by atoms with Gasteiger partial charge in [-0.1, -0.05) is 6.07 Å². The molecule has 0 bridgehead atoms. The van der Waals surface area contributed by atoms with Gasteiger partial charge in [-0.2, -0.15) is 10.2 Å². The summed E-state index contributed by atoms with van der Waals surface area (Å²) in [5, 5.41) is 15.9. The fraction of sp³-hybridized carbons (Fsp3) is 0.333. The Bertz CT molecular complexity index is 1350. The summed E-state index contributed by atoms with van der Waals surface area (Å²) in [7, 11) is -0.421. The second kappa shape index (κ2) is 8.80. The fourth-order valence-electron chi connectivity index (χ4n) is 4.44. The van der Waals surface area contributed by atoms with E-state index in [1.54, 1.807) is 31.5 Å². The molecule has 0 radical (unpaired) electrons. The Morgan fingerprint density at radius 1 is 1.21 bits per heavy atom. The van der Waals surface area contributed by atoms with Crippen LogP contribution in [-0.2, 0) is 22.3 Å². The molecule has 2 aliphatic heterocycles. The zero-order chi connectivity index (χ0) is 23.9. The number of anilines is 4. The third-order valence-electron chi connectivity index (χ3n) is 5.98. The summed E-state index contributed by atoms with van der Waals surface area (Å²) in [6.07, 6.45) is 2.48. The summed E-state index contributed by atoms with van der Waals surface area (Å²) in [6.45, 7) is 5.82. The van der Waals surface area contributed by atoms with Gasteiger partial charge in [0, 0.05) is 18.8 Å². The smallest absolute Gasteiger partial charge is 0.229 e. The molecule has 0 amide bonds. The molecule has 0 saturated carbocycles. The molecule has 4 heterocycles. The van der Waals surface area contributed by atoms with Gasteiger partial charge in [0.15, 0.2) is 5.82 Å². The van der Waals surface area contributed by atoms with Crippen molar-refractivity contribution in [2.45, 2.75) is 19.1 Å². The third-order valence-corrected chi connectivity index (χ3v) is 7.33. The van der Waals surface area contributed by atoms with E-state index in [0.717, 1.165) is 25.2 Å². The number of ether oxygens (including phenoxy) is 1. The van der Waals surface area contributed by atoms with Gasteiger partial charge >= 0.3 is 0 Å². The van der Waals surface area contributed by atoms with Crippen molar-refractivity contribution in [3.8, 4) is 6.07 Å². The van der Waals surface area contributed by atoms with Crippen molar-refractivity contribution >= 4 is 35.8 Å². The van der Waals surface area contributed by atoms with Gasteiger partial charge in [0.2, 0.25) is 5.95 Å². The van der Waals surface area contributed by atoms with E-state index < -0.39 is 7.14 Å². The minimum Gasteiger partial charge on any atom is -0.372 e. The van der Waals surface area contributed by atoms with Crippen LogP contribution < -0.4 is 16.1 Å². The molecule has 0 fully saturated rings. The highest BCUT2D eigenvalue weighted by molar-refractivity contribution is 7.69. The first-order valence-corrected chi connectivity index (χ1v) is 13.7. The first-order chi connectivity index (χ1) is 16.3. The molecule has 3 aromatic rings. The number of aromatic nitrogens is 3. The van der Waals surface area contributed by atoms with Crippen molar-refractivity contribution in [3.05, 3.63) is 58.8 Å². The Kier molecular flexibility index (Phi) is 5.82. The average Bonchev–Trinajstić information content (AvgIpc) is 2.79. The van der Waals surface area contributed by atoms with Crippen LogP contribution in [0.5, 0.6) is 0 Å². The number of likely N-dealkylation sites (N-methyl/N-ethyl adjacent to an activating group) is 1. The van der Waals surface area contributed by atoms with E-state index in [0.29, 0.717) is 29.6 Å². The molecule has 10 heteroatoms. The van der Waals surface area contributed by atoms with E-state index in [-0.39, 0.29) is 11.7 Å². The second-order valence-electron chi connectivity index (χ2n) is 9.06. The largest absolute Gasteiger partial charge is 0.372 e. The monoisotopic (exact) mass is 475 g/mol. The molecule has 174 valence electrons. The number of nitriles is 1. The molecule has 1 unspecified atom stereocenters. The molecular weight excluding hydrogens is 449 g/mol. The van der Waals surface area contributed by atoms with Crippen molar-refractivity contribution in [2.24, 2.45) is 0 Å². The van der Waals surface area contributed by atoms with E-state index in [2.05, 4.69) is 55.7 Å². The number of hydrogen-bond acceptors (Lipinski definition) is 9. The van der Waals surface area contributed by atoms with E-state index in [1.165, 1.54) is 22.9 Å². The van der Waals surface area contributed by atoms with Crippen LogP contribution in [-0.4, -0.2) is 53.4 Å². The van der Waals surface area contributed by atoms with Crippen LogP contribution in [0.3, 0.4) is 0 Å². The topological polar surface area (TPSA) is 116 Å². The maximum atomic E-state index is 12.4. The molecule has 0 aliphatic carbocycles. The van der Waals surface area contributed by atoms with Gasteiger partial charge in [-0.05, 0) is 67.8 Å². The number of nitrogens with one attached hydrogen (secondary N) is 2. The number of rotatable bonds is 5. The van der Waals surface area contributed by atoms with Gasteiger partial charge in [-0.15, -0.1) is 0 Å². The molecule has 0 saturated heterocycles. The summed E-state index contributed by atoms with van der Waals surface area (Å²) >= 11 is 0. The van der Waals surface area contributed by atoms with E-state index in [9.17, 15) is 9.83 Å². The number of benzene rings is 1. The van der Waals surface area contributed by atoms with Crippen LogP contribution in [0.4, 0.5) is 23.3 Å². The number of pyridine rings is 1. The third kappa shape index (κ3) is 4.53. The highest BCUT2D eigenvalue weighted by atomic mass is 31.2. The molecule has 1 aromatic carbocycles. The van der Waals surface area contributed by atoms with Gasteiger partial charge in [-0.3, -0.25) is 4.90 Å². The zero-order valence-electron chi connectivity index (χ0n) is 19.4. The van der Waals surface area contributed by atoms with Crippen LogP contribution in [0.1, 0.15) is 28.4 Å². The maximum absolute atomic E-state index is 12.4. The van der Waals surface area contributed by atoms with Crippen molar-refractivity contribution in [3.63, 3.8) is 0 Å². The predicted molar refractivity (Wildman–Crippen MR) is 132 cm³/mol. The minimum atomic E-state index is -2.52. The summed E-state index contributed by atoms with van der Waals surface area (Å²) in [5.41, 5.74) is 5.55. The van der Waals surface area contributed by atoms with Crippen LogP contribution in [0, 0.1) is 11.3 Å². The highest BCUT2D eigenvalue weighted by Crippen LogP contribution is 2.37. The molecule has 2 N–H and O–H groups in total. The van der Waals surface area contributed by atoms with Gasteiger partial charge in [0.25, 0.3) is 0 Å². The molecular formula is C24H26N7O2P.